The third-order valence-corrected chi connectivity index (χ3v) is 7.69. The minimum Gasteiger partial charge on any atom is -0.496 e. The van der Waals surface area contributed by atoms with Gasteiger partial charge in [0.05, 0.1) is 25.8 Å². The highest BCUT2D eigenvalue weighted by atomic mass is 16.6. The van der Waals surface area contributed by atoms with Gasteiger partial charge >= 0.3 is 6.09 Å². The lowest BCUT2D eigenvalue weighted by atomic mass is 9.93. The van der Waals surface area contributed by atoms with Crippen molar-refractivity contribution >= 4 is 11.7 Å². The molecule has 178 valence electrons. The Bertz CT molecular complexity index is 1250. The first-order valence-corrected chi connectivity index (χ1v) is 12.2. The van der Waals surface area contributed by atoms with Crippen LogP contribution in [-0.4, -0.2) is 43.9 Å². The van der Waals surface area contributed by atoms with Crippen molar-refractivity contribution in [2.45, 2.75) is 37.3 Å². The molecule has 1 aliphatic carbocycles. The molecule has 2 heterocycles. The summed E-state index contributed by atoms with van der Waals surface area (Å²) in [4.78, 5) is 15.3. The molecule has 2 bridgehead atoms. The van der Waals surface area contributed by atoms with Crippen molar-refractivity contribution in [3.63, 3.8) is 0 Å². The van der Waals surface area contributed by atoms with Crippen molar-refractivity contribution in [3.8, 4) is 22.6 Å². The van der Waals surface area contributed by atoms with Gasteiger partial charge in [-0.25, -0.2) is 4.79 Å². The van der Waals surface area contributed by atoms with Gasteiger partial charge in [-0.05, 0) is 59.2 Å². The Morgan fingerprint density at radius 1 is 0.857 bits per heavy atom. The van der Waals surface area contributed by atoms with E-state index in [0.717, 1.165) is 36.3 Å². The third kappa shape index (κ3) is 3.57. The molecular formula is C30H29NO4. The zero-order valence-electron chi connectivity index (χ0n) is 20.1. The summed E-state index contributed by atoms with van der Waals surface area (Å²) in [6, 6.07) is 22.8. The molecule has 1 saturated heterocycles. The molecule has 2 atom stereocenters. The largest absolute Gasteiger partial charge is 0.496 e. The van der Waals surface area contributed by atoms with Gasteiger partial charge in [0.2, 0.25) is 0 Å². The van der Waals surface area contributed by atoms with Crippen LogP contribution in [0.2, 0.25) is 0 Å². The number of carbonyl (C=O) groups is 1. The van der Waals surface area contributed by atoms with Crippen LogP contribution in [0.4, 0.5) is 4.79 Å². The van der Waals surface area contributed by atoms with Crippen molar-refractivity contribution in [3.05, 3.63) is 89.5 Å². The smallest absolute Gasteiger partial charge is 0.410 e. The van der Waals surface area contributed by atoms with Gasteiger partial charge in [-0.2, -0.15) is 0 Å². The van der Waals surface area contributed by atoms with Gasteiger partial charge in [-0.3, -0.25) is 4.90 Å². The monoisotopic (exact) mass is 467 g/mol. The van der Waals surface area contributed by atoms with Gasteiger partial charge in [-0.1, -0.05) is 60.7 Å². The molecule has 3 aromatic carbocycles. The number of benzene rings is 3. The van der Waals surface area contributed by atoms with E-state index in [4.69, 9.17) is 14.2 Å². The van der Waals surface area contributed by atoms with Gasteiger partial charge in [-0.15, -0.1) is 0 Å². The second-order valence-electron chi connectivity index (χ2n) is 9.44. The van der Waals surface area contributed by atoms with E-state index in [-0.39, 0.29) is 24.1 Å². The van der Waals surface area contributed by atoms with Gasteiger partial charge in [0, 0.05) is 12.0 Å². The third-order valence-electron chi connectivity index (χ3n) is 7.69. The predicted octanol–water partition coefficient (Wildman–Crippen LogP) is 6.27. The number of hydrogen-bond acceptors (Lipinski definition) is 4. The number of hydrogen-bond donors (Lipinski definition) is 0. The van der Waals surface area contributed by atoms with Crippen molar-refractivity contribution in [1.29, 1.82) is 0 Å². The zero-order chi connectivity index (χ0) is 23.9. The first kappa shape index (κ1) is 21.8. The molecule has 0 aromatic heterocycles. The average molecular weight is 468 g/mol. The van der Waals surface area contributed by atoms with Crippen molar-refractivity contribution in [2.24, 2.45) is 0 Å². The maximum Gasteiger partial charge on any atom is 0.410 e. The molecule has 2 unspecified atom stereocenters. The molecule has 2 aliphatic heterocycles. The topological polar surface area (TPSA) is 48.0 Å². The van der Waals surface area contributed by atoms with Crippen LogP contribution in [0.25, 0.3) is 16.7 Å². The number of methoxy groups -OCH3 is 2. The van der Waals surface area contributed by atoms with Gasteiger partial charge in [0.1, 0.15) is 18.1 Å². The molecule has 5 nitrogen and oxygen atoms in total. The molecule has 3 aliphatic rings. The molecule has 1 amide bonds. The molecule has 5 heteroatoms. The Morgan fingerprint density at radius 3 is 2.09 bits per heavy atom. The molecule has 0 N–H and O–H groups in total. The number of carbonyl (C=O) groups excluding carboxylic acids is 1. The number of nitrogens with zero attached hydrogens (tertiary/aromatic N) is 1. The fourth-order valence-corrected chi connectivity index (χ4v) is 6.14. The molecule has 6 rings (SSSR count). The Kier molecular flexibility index (Phi) is 5.48. The van der Waals surface area contributed by atoms with Crippen LogP contribution >= 0.6 is 0 Å². The quantitative estimate of drug-likeness (QED) is 0.444. The predicted molar refractivity (Wildman–Crippen MR) is 136 cm³/mol. The highest BCUT2D eigenvalue weighted by Gasteiger charge is 2.42. The first-order chi connectivity index (χ1) is 17.2. The summed E-state index contributed by atoms with van der Waals surface area (Å²) in [6.45, 7) is 0.347. The summed E-state index contributed by atoms with van der Waals surface area (Å²) in [5.41, 5.74) is 7.10. The lowest BCUT2D eigenvalue weighted by molar-refractivity contribution is 0.0866. The summed E-state index contributed by atoms with van der Waals surface area (Å²) in [6.07, 6.45) is 4.65. The normalized spacial score (nSPS) is 20.2. The van der Waals surface area contributed by atoms with E-state index < -0.39 is 0 Å². The molecule has 3 aromatic rings. The Hall–Kier alpha value is -3.73. The summed E-state index contributed by atoms with van der Waals surface area (Å²) in [5.74, 6) is 1.66. The fraction of sp³-hybridized carbons (Fsp3) is 0.300. The molecular weight excluding hydrogens is 438 g/mol. The number of amides is 1. The standard InChI is InChI=1S/C30H29NO4/c1-33-27-12-7-13-28(34-2)29(27)19-16-20-14-15-21(17-19)31(20)30(32)35-18-26-24-10-5-3-8-22(24)23-9-4-6-11-25(23)26/h3-13,16,20-21,26H,14-15,17-18H2,1-2H3. The van der Waals surface area contributed by atoms with Crippen LogP contribution in [0, 0.1) is 0 Å². The van der Waals surface area contributed by atoms with E-state index >= 15 is 0 Å². The van der Waals surface area contributed by atoms with Crippen LogP contribution in [0.5, 0.6) is 11.5 Å². The van der Waals surface area contributed by atoms with E-state index in [9.17, 15) is 4.79 Å². The Balaban J connectivity index is 1.22. The summed E-state index contributed by atoms with van der Waals surface area (Å²) in [5, 5.41) is 0. The van der Waals surface area contributed by atoms with Gasteiger partial charge in [0.15, 0.2) is 0 Å². The van der Waals surface area contributed by atoms with E-state index in [1.54, 1.807) is 14.2 Å². The molecule has 0 saturated carbocycles. The van der Waals surface area contributed by atoms with Gasteiger partial charge < -0.3 is 14.2 Å². The fourth-order valence-electron chi connectivity index (χ4n) is 6.14. The van der Waals surface area contributed by atoms with Crippen molar-refractivity contribution < 1.29 is 19.0 Å². The lowest BCUT2D eigenvalue weighted by Crippen LogP contribution is -2.43. The van der Waals surface area contributed by atoms with Gasteiger partial charge in [0.25, 0.3) is 0 Å². The Labute approximate surface area is 205 Å². The summed E-state index contributed by atoms with van der Waals surface area (Å²) >= 11 is 0. The van der Waals surface area contributed by atoms with Crippen molar-refractivity contribution in [2.75, 3.05) is 20.8 Å². The Morgan fingerprint density at radius 2 is 1.49 bits per heavy atom. The minimum atomic E-state index is -0.221. The highest BCUT2D eigenvalue weighted by Crippen LogP contribution is 2.46. The summed E-state index contributed by atoms with van der Waals surface area (Å²) in [7, 11) is 3.36. The molecule has 0 radical (unpaired) electrons. The number of fused-ring (bicyclic) bond motifs is 5. The maximum atomic E-state index is 13.4. The van der Waals surface area contributed by atoms with Crippen LogP contribution in [0.1, 0.15) is 41.9 Å². The minimum absolute atomic E-state index is 0.0222. The maximum absolute atomic E-state index is 13.4. The second-order valence-corrected chi connectivity index (χ2v) is 9.44. The number of rotatable bonds is 5. The van der Waals surface area contributed by atoms with E-state index in [2.05, 4.69) is 54.6 Å². The van der Waals surface area contributed by atoms with E-state index in [1.165, 1.54) is 27.8 Å². The van der Waals surface area contributed by atoms with Crippen LogP contribution in [0.3, 0.4) is 0 Å². The average Bonchev–Trinajstić information content (AvgIpc) is 3.37. The molecule has 35 heavy (non-hydrogen) atoms. The molecule has 1 fully saturated rings. The van der Waals surface area contributed by atoms with Crippen LogP contribution in [0.15, 0.2) is 72.8 Å². The summed E-state index contributed by atoms with van der Waals surface area (Å²) < 4.78 is 17.3. The zero-order valence-corrected chi connectivity index (χ0v) is 20.1. The lowest BCUT2D eigenvalue weighted by Gasteiger charge is -2.34. The number of ether oxygens (including phenoxy) is 3. The second kappa shape index (κ2) is 8.81. The highest BCUT2D eigenvalue weighted by molar-refractivity contribution is 5.81. The van der Waals surface area contributed by atoms with Crippen LogP contribution in [-0.2, 0) is 4.74 Å². The van der Waals surface area contributed by atoms with E-state index in [0.29, 0.717) is 6.61 Å². The van der Waals surface area contributed by atoms with Crippen molar-refractivity contribution in [1.82, 2.24) is 4.90 Å². The SMILES string of the molecule is COc1cccc(OC)c1C1=CC2CCC(C1)N2C(=O)OCC1c2ccccc2-c2ccccc21. The van der Waals surface area contributed by atoms with E-state index in [1.807, 2.05) is 23.1 Å². The first-order valence-electron chi connectivity index (χ1n) is 12.2. The van der Waals surface area contributed by atoms with Crippen LogP contribution < -0.4 is 9.47 Å². The molecule has 0 spiro atoms.